The molecule has 0 saturated carbocycles. The Balaban J connectivity index is 1.73. The number of hydrogen-bond acceptors (Lipinski definition) is 3. The van der Waals surface area contributed by atoms with Crippen molar-refractivity contribution < 1.29 is 4.42 Å². The second kappa shape index (κ2) is 5.33. The molecular weight excluding hydrogens is 188 g/mol. The van der Waals surface area contributed by atoms with Crippen LogP contribution in [0.2, 0.25) is 0 Å². The van der Waals surface area contributed by atoms with Gasteiger partial charge in [0.05, 0.1) is 12.5 Å². The minimum Gasteiger partial charge on any atom is -0.472 e. The first-order valence-electron chi connectivity index (χ1n) is 5.85. The molecule has 2 rings (SSSR count). The molecule has 1 N–H and O–H groups in total. The molecule has 1 aliphatic heterocycles. The van der Waals surface area contributed by atoms with Crippen molar-refractivity contribution in [3.05, 3.63) is 24.2 Å². The van der Waals surface area contributed by atoms with Gasteiger partial charge in [-0.1, -0.05) is 6.92 Å². The molecule has 0 aliphatic carbocycles. The molecule has 3 heteroatoms. The third-order valence-electron chi connectivity index (χ3n) is 2.94. The Labute approximate surface area is 91.4 Å². The summed E-state index contributed by atoms with van der Waals surface area (Å²) >= 11 is 0. The molecule has 84 valence electrons. The molecule has 1 fully saturated rings. The minimum absolute atomic E-state index is 0.692. The monoisotopic (exact) mass is 208 g/mol. The molecule has 1 aromatic rings. The average molecular weight is 208 g/mol. The molecule has 1 aliphatic rings. The van der Waals surface area contributed by atoms with E-state index in [-0.39, 0.29) is 0 Å². The topological polar surface area (TPSA) is 28.4 Å². The number of hydrogen-bond donors (Lipinski definition) is 1. The van der Waals surface area contributed by atoms with E-state index in [1.807, 2.05) is 12.3 Å². The van der Waals surface area contributed by atoms with E-state index in [1.54, 1.807) is 6.26 Å². The summed E-state index contributed by atoms with van der Waals surface area (Å²) in [5.41, 5.74) is 1.28. The maximum Gasteiger partial charge on any atom is 0.0947 e. The van der Waals surface area contributed by atoms with Crippen LogP contribution < -0.4 is 5.32 Å². The fourth-order valence-electron chi connectivity index (χ4n) is 2.13. The summed E-state index contributed by atoms with van der Waals surface area (Å²) in [6.07, 6.45) is 6.08. The molecular formula is C12H20N2O. The zero-order chi connectivity index (χ0) is 10.5. The third-order valence-corrected chi connectivity index (χ3v) is 2.94. The molecule has 0 radical (unpaired) electrons. The molecule has 0 bridgehead atoms. The van der Waals surface area contributed by atoms with E-state index in [4.69, 9.17) is 4.42 Å². The molecule has 0 aromatic carbocycles. The van der Waals surface area contributed by atoms with Crippen molar-refractivity contribution in [1.29, 1.82) is 0 Å². The Morgan fingerprint density at radius 2 is 2.53 bits per heavy atom. The lowest BCUT2D eigenvalue weighted by atomic mass is 10.2. The quantitative estimate of drug-likeness (QED) is 0.800. The molecule has 1 saturated heterocycles. The summed E-state index contributed by atoms with van der Waals surface area (Å²) in [7, 11) is 0. The average Bonchev–Trinajstić information content (AvgIpc) is 2.87. The van der Waals surface area contributed by atoms with E-state index in [2.05, 4.69) is 17.1 Å². The highest BCUT2D eigenvalue weighted by atomic mass is 16.3. The van der Waals surface area contributed by atoms with Crippen LogP contribution in [0.25, 0.3) is 0 Å². The number of furan rings is 1. The van der Waals surface area contributed by atoms with Crippen molar-refractivity contribution in [1.82, 2.24) is 10.2 Å². The number of likely N-dealkylation sites (tertiary alicyclic amines) is 1. The van der Waals surface area contributed by atoms with Gasteiger partial charge in [0.1, 0.15) is 0 Å². The van der Waals surface area contributed by atoms with Crippen molar-refractivity contribution in [2.75, 3.05) is 19.6 Å². The largest absolute Gasteiger partial charge is 0.472 e. The summed E-state index contributed by atoms with van der Waals surface area (Å²) in [4.78, 5) is 2.48. The first-order valence-corrected chi connectivity index (χ1v) is 5.85. The van der Waals surface area contributed by atoms with Crippen LogP contribution in [0.5, 0.6) is 0 Å². The fraction of sp³-hybridized carbons (Fsp3) is 0.667. The molecule has 0 amide bonds. The highest BCUT2D eigenvalue weighted by Gasteiger charge is 2.21. The standard InChI is InChI=1S/C12H20N2O/c1-2-5-13-12-3-6-14(9-12)8-11-4-7-15-10-11/h4,7,10,12-13H,2-3,5-6,8-9H2,1H3. The summed E-state index contributed by atoms with van der Waals surface area (Å²) in [5.74, 6) is 0. The molecule has 1 aromatic heterocycles. The maximum absolute atomic E-state index is 5.07. The first kappa shape index (κ1) is 10.7. The van der Waals surface area contributed by atoms with Crippen LogP contribution in [-0.4, -0.2) is 30.6 Å². The van der Waals surface area contributed by atoms with Gasteiger partial charge in [-0.05, 0) is 25.5 Å². The van der Waals surface area contributed by atoms with Gasteiger partial charge in [-0.25, -0.2) is 0 Å². The second-order valence-corrected chi connectivity index (χ2v) is 4.31. The Kier molecular flexibility index (Phi) is 3.80. The first-order chi connectivity index (χ1) is 7.38. The smallest absolute Gasteiger partial charge is 0.0947 e. The molecule has 0 spiro atoms. The summed E-state index contributed by atoms with van der Waals surface area (Å²) in [5, 5.41) is 3.58. The predicted molar refractivity (Wildman–Crippen MR) is 60.7 cm³/mol. The van der Waals surface area contributed by atoms with Crippen LogP contribution >= 0.6 is 0 Å². The van der Waals surface area contributed by atoms with Crippen molar-refractivity contribution in [2.45, 2.75) is 32.4 Å². The molecule has 2 heterocycles. The lowest BCUT2D eigenvalue weighted by Gasteiger charge is -2.15. The van der Waals surface area contributed by atoms with Crippen LogP contribution in [-0.2, 0) is 6.54 Å². The Bertz CT molecular complexity index is 271. The number of nitrogens with one attached hydrogen (secondary N) is 1. The lowest BCUT2D eigenvalue weighted by molar-refractivity contribution is 0.319. The highest BCUT2D eigenvalue weighted by Crippen LogP contribution is 2.13. The minimum atomic E-state index is 0.692. The Hall–Kier alpha value is -0.800. The highest BCUT2D eigenvalue weighted by molar-refractivity contribution is 5.05. The Morgan fingerprint density at radius 1 is 1.60 bits per heavy atom. The number of rotatable bonds is 5. The van der Waals surface area contributed by atoms with Crippen LogP contribution in [0.1, 0.15) is 25.3 Å². The van der Waals surface area contributed by atoms with E-state index in [9.17, 15) is 0 Å². The van der Waals surface area contributed by atoms with Crippen molar-refractivity contribution in [3.8, 4) is 0 Å². The lowest BCUT2D eigenvalue weighted by Crippen LogP contribution is -2.32. The van der Waals surface area contributed by atoms with Crippen molar-refractivity contribution in [3.63, 3.8) is 0 Å². The van der Waals surface area contributed by atoms with Crippen LogP contribution in [0.15, 0.2) is 23.0 Å². The SMILES string of the molecule is CCCNC1CCN(Cc2ccoc2)C1. The third kappa shape index (κ3) is 3.08. The van der Waals surface area contributed by atoms with Gasteiger partial charge in [0.2, 0.25) is 0 Å². The summed E-state index contributed by atoms with van der Waals surface area (Å²) in [6, 6.07) is 2.74. The van der Waals surface area contributed by atoms with Gasteiger partial charge in [-0.15, -0.1) is 0 Å². The van der Waals surface area contributed by atoms with E-state index >= 15 is 0 Å². The normalized spacial score (nSPS) is 22.3. The van der Waals surface area contributed by atoms with Gasteiger partial charge in [-0.2, -0.15) is 0 Å². The van der Waals surface area contributed by atoms with Gasteiger partial charge in [-0.3, -0.25) is 4.90 Å². The Morgan fingerprint density at radius 3 is 3.27 bits per heavy atom. The van der Waals surface area contributed by atoms with E-state index in [0.717, 1.165) is 13.1 Å². The second-order valence-electron chi connectivity index (χ2n) is 4.31. The number of nitrogens with zero attached hydrogens (tertiary/aromatic N) is 1. The van der Waals surface area contributed by atoms with E-state index in [0.29, 0.717) is 6.04 Å². The van der Waals surface area contributed by atoms with E-state index in [1.165, 1.54) is 31.5 Å². The molecule has 3 nitrogen and oxygen atoms in total. The van der Waals surface area contributed by atoms with Gasteiger partial charge < -0.3 is 9.73 Å². The van der Waals surface area contributed by atoms with Gasteiger partial charge >= 0.3 is 0 Å². The maximum atomic E-state index is 5.07. The van der Waals surface area contributed by atoms with Gasteiger partial charge in [0.15, 0.2) is 0 Å². The predicted octanol–water partition coefficient (Wildman–Crippen LogP) is 1.85. The van der Waals surface area contributed by atoms with Crippen LogP contribution in [0, 0.1) is 0 Å². The van der Waals surface area contributed by atoms with Gasteiger partial charge in [0, 0.05) is 31.2 Å². The van der Waals surface area contributed by atoms with E-state index < -0.39 is 0 Å². The fourth-order valence-corrected chi connectivity index (χ4v) is 2.13. The van der Waals surface area contributed by atoms with Crippen molar-refractivity contribution >= 4 is 0 Å². The zero-order valence-electron chi connectivity index (χ0n) is 9.41. The van der Waals surface area contributed by atoms with Gasteiger partial charge in [0.25, 0.3) is 0 Å². The molecule has 15 heavy (non-hydrogen) atoms. The molecule has 1 atom stereocenters. The summed E-state index contributed by atoms with van der Waals surface area (Å²) < 4.78 is 5.07. The summed E-state index contributed by atoms with van der Waals surface area (Å²) in [6.45, 7) is 6.76. The molecule has 1 unspecified atom stereocenters. The zero-order valence-corrected chi connectivity index (χ0v) is 9.41. The van der Waals surface area contributed by atoms with Crippen LogP contribution in [0.3, 0.4) is 0 Å². The van der Waals surface area contributed by atoms with Crippen LogP contribution in [0.4, 0.5) is 0 Å². The van der Waals surface area contributed by atoms with Crippen molar-refractivity contribution in [2.24, 2.45) is 0 Å².